The number of rotatable bonds is 3. The second kappa shape index (κ2) is 4.82. The number of aromatic nitrogens is 2. The molecule has 0 aliphatic carbocycles. The zero-order valence-electron chi connectivity index (χ0n) is 9.35. The van der Waals surface area contributed by atoms with Gasteiger partial charge >= 0.3 is 0 Å². The molecule has 2 heterocycles. The highest BCUT2D eigenvalue weighted by Gasteiger charge is 2.26. The van der Waals surface area contributed by atoms with Crippen LogP contribution in [0, 0.1) is 0 Å². The van der Waals surface area contributed by atoms with Crippen LogP contribution in [-0.2, 0) is 6.54 Å². The van der Waals surface area contributed by atoms with Gasteiger partial charge < -0.3 is 9.47 Å². The maximum absolute atomic E-state index is 5.81. The molecular formula is C12H10BrClN2O2. The topological polar surface area (TPSA) is 36.3 Å². The van der Waals surface area contributed by atoms with Gasteiger partial charge in [-0.3, -0.25) is 4.57 Å². The molecule has 1 aromatic carbocycles. The Morgan fingerprint density at radius 2 is 2.22 bits per heavy atom. The van der Waals surface area contributed by atoms with Crippen LogP contribution in [0.25, 0.3) is 0 Å². The van der Waals surface area contributed by atoms with Crippen molar-refractivity contribution in [3.8, 4) is 11.8 Å². The van der Waals surface area contributed by atoms with E-state index in [-0.39, 0.29) is 6.10 Å². The molecule has 0 saturated carbocycles. The van der Waals surface area contributed by atoms with Crippen molar-refractivity contribution in [3.05, 3.63) is 40.1 Å². The Bertz CT molecular complexity index is 556. The quantitative estimate of drug-likeness (QED) is 0.868. The van der Waals surface area contributed by atoms with E-state index < -0.39 is 0 Å². The Labute approximate surface area is 118 Å². The summed E-state index contributed by atoms with van der Waals surface area (Å²) >= 11 is 9.22. The molecule has 0 saturated heterocycles. The minimum Gasteiger partial charge on any atom is -0.490 e. The van der Waals surface area contributed by atoms with Crippen molar-refractivity contribution in [3.63, 3.8) is 0 Å². The Hall–Kier alpha value is -1.20. The van der Waals surface area contributed by atoms with Crippen molar-refractivity contribution in [1.29, 1.82) is 0 Å². The van der Waals surface area contributed by atoms with E-state index in [1.54, 1.807) is 18.3 Å². The molecule has 1 aliphatic rings. The summed E-state index contributed by atoms with van der Waals surface area (Å²) in [6.45, 7) is 1.22. The molecule has 0 bridgehead atoms. The first kappa shape index (κ1) is 11.9. The van der Waals surface area contributed by atoms with Gasteiger partial charge in [-0.05, 0) is 40.2 Å². The molecule has 1 aromatic heterocycles. The van der Waals surface area contributed by atoms with Crippen LogP contribution >= 0.6 is 27.5 Å². The van der Waals surface area contributed by atoms with Crippen molar-refractivity contribution in [2.75, 3.05) is 6.61 Å². The number of ether oxygens (including phenoxy) is 2. The van der Waals surface area contributed by atoms with Gasteiger partial charge in [-0.2, -0.15) is 0 Å². The molecule has 0 fully saturated rings. The van der Waals surface area contributed by atoms with E-state index in [1.165, 1.54) is 0 Å². The number of hydrogen-bond acceptors (Lipinski definition) is 3. The lowest BCUT2D eigenvalue weighted by Crippen LogP contribution is -2.23. The van der Waals surface area contributed by atoms with E-state index in [0.717, 1.165) is 16.9 Å². The van der Waals surface area contributed by atoms with Gasteiger partial charge in [-0.25, -0.2) is 4.98 Å². The average Bonchev–Trinajstić information content (AvgIpc) is 2.91. The summed E-state index contributed by atoms with van der Waals surface area (Å²) in [5.41, 5.74) is 0. The number of nitrogens with zero attached hydrogens (tertiary/aromatic N) is 2. The van der Waals surface area contributed by atoms with E-state index >= 15 is 0 Å². The van der Waals surface area contributed by atoms with E-state index in [4.69, 9.17) is 21.1 Å². The van der Waals surface area contributed by atoms with Crippen LogP contribution in [0.1, 0.15) is 0 Å². The molecule has 0 spiro atoms. The molecule has 6 heteroatoms. The van der Waals surface area contributed by atoms with Crippen molar-refractivity contribution in [2.45, 2.75) is 12.6 Å². The van der Waals surface area contributed by atoms with Crippen LogP contribution in [0.2, 0.25) is 5.02 Å². The zero-order chi connectivity index (χ0) is 12.5. The second-order valence-corrected chi connectivity index (χ2v) is 5.23. The van der Waals surface area contributed by atoms with Gasteiger partial charge in [0.2, 0.25) is 0 Å². The van der Waals surface area contributed by atoms with Crippen LogP contribution in [0.5, 0.6) is 11.8 Å². The molecule has 0 radical (unpaired) electrons. The monoisotopic (exact) mass is 328 g/mol. The maximum Gasteiger partial charge on any atom is 0.297 e. The van der Waals surface area contributed by atoms with Crippen molar-refractivity contribution in [1.82, 2.24) is 9.55 Å². The summed E-state index contributed by atoms with van der Waals surface area (Å²) in [5.74, 6) is 0.784. The van der Waals surface area contributed by atoms with E-state index in [2.05, 4.69) is 20.9 Å². The molecule has 1 atom stereocenters. The molecule has 1 aliphatic heterocycles. The Balaban J connectivity index is 1.58. The van der Waals surface area contributed by atoms with Gasteiger partial charge in [0.1, 0.15) is 17.0 Å². The lowest BCUT2D eigenvalue weighted by atomic mass is 10.3. The largest absolute Gasteiger partial charge is 0.490 e. The molecule has 3 rings (SSSR count). The van der Waals surface area contributed by atoms with E-state index in [9.17, 15) is 0 Å². The molecule has 0 amide bonds. The number of benzene rings is 1. The second-order valence-electron chi connectivity index (χ2n) is 3.98. The minimum absolute atomic E-state index is 0.0133. The molecule has 0 N–H and O–H groups in total. The molecule has 4 nitrogen and oxygen atoms in total. The first-order valence-corrected chi connectivity index (χ1v) is 6.65. The highest BCUT2D eigenvalue weighted by atomic mass is 79.9. The van der Waals surface area contributed by atoms with Crippen molar-refractivity contribution in [2.24, 2.45) is 0 Å². The highest BCUT2D eigenvalue weighted by molar-refractivity contribution is 9.10. The van der Waals surface area contributed by atoms with Crippen LogP contribution in [0.3, 0.4) is 0 Å². The number of hydrogen-bond donors (Lipinski definition) is 0. The van der Waals surface area contributed by atoms with Gasteiger partial charge in [0.15, 0.2) is 6.10 Å². The van der Waals surface area contributed by atoms with E-state index in [1.807, 2.05) is 16.7 Å². The normalized spacial score (nSPS) is 17.3. The SMILES string of the molecule is Clc1ccc(OC[C@@H]2Cn3c(Br)cnc3O2)cc1. The van der Waals surface area contributed by atoms with Crippen LogP contribution in [-0.4, -0.2) is 22.3 Å². The third kappa shape index (κ3) is 2.33. The summed E-state index contributed by atoms with van der Waals surface area (Å²) in [6, 6.07) is 7.91. The standard InChI is InChI=1S/C12H10BrClN2O2/c13-11-5-15-12-16(11)6-10(18-12)7-17-9-3-1-8(14)2-4-9/h1-5,10H,6-7H2/t10-/m0/s1. The summed E-state index contributed by atoms with van der Waals surface area (Å²) in [7, 11) is 0. The molecule has 18 heavy (non-hydrogen) atoms. The van der Waals surface area contributed by atoms with Gasteiger partial charge in [-0.1, -0.05) is 11.6 Å². The predicted octanol–water partition coefficient (Wildman–Crippen LogP) is 3.14. The number of imidazole rings is 1. The van der Waals surface area contributed by atoms with Gasteiger partial charge in [0.25, 0.3) is 6.01 Å². The third-order valence-corrected chi connectivity index (χ3v) is 3.56. The smallest absolute Gasteiger partial charge is 0.297 e. The first-order valence-electron chi connectivity index (χ1n) is 5.48. The first-order chi connectivity index (χ1) is 8.72. The average molecular weight is 330 g/mol. The fraction of sp³-hybridized carbons (Fsp3) is 0.250. The molecular weight excluding hydrogens is 320 g/mol. The van der Waals surface area contributed by atoms with Gasteiger partial charge in [0, 0.05) is 5.02 Å². The fourth-order valence-corrected chi connectivity index (χ4v) is 2.32. The van der Waals surface area contributed by atoms with Crippen molar-refractivity contribution < 1.29 is 9.47 Å². The molecule has 94 valence electrons. The lowest BCUT2D eigenvalue weighted by Gasteiger charge is -2.11. The maximum atomic E-state index is 5.81. The predicted molar refractivity (Wildman–Crippen MR) is 71.3 cm³/mol. The van der Waals surface area contributed by atoms with Gasteiger partial charge in [-0.15, -0.1) is 0 Å². The minimum atomic E-state index is -0.0133. The Morgan fingerprint density at radius 1 is 1.44 bits per heavy atom. The van der Waals surface area contributed by atoms with Crippen LogP contribution in [0.15, 0.2) is 35.1 Å². The summed E-state index contributed by atoms with van der Waals surface area (Å²) in [4.78, 5) is 4.13. The third-order valence-electron chi connectivity index (χ3n) is 2.68. The van der Waals surface area contributed by atoms with E-state index in [0.29, 0.717) is 17.6 Å². The number of fused-ring (bicyclic) bond motifs is 1. The Morgan fingerprint density at radius 3 is 2.94 bits per heavy atom. The highest BCUT2D eigenvalue weighted by Crippen LogP contribution is 2.26. The zero-order valence-corrected chi connectivity index (χ0v) is 11.7. The van der Waals surface area contributed by atoms with Crippen LogP contribution < -0.4 is 9.47 Å². The summed E-state index contributed by atoms with van der Waals surface area (Å²) in [6.07, 6.45) is 1.71. The summed E-state index contributed by atoms with van der Waals surface area (Å²) < 4.78 is 14.2. The van der Waals surface area contributed by atoms with Gasteiger partial charge in [0.05, 0.1) is 12.7 Å². The molecule has 0 unspecified atom stereocenters. The molecule has 2 aromatic rings. The van der Waals surface area contributed by atoms with Crippen molar-refractivity contribution >= 4 is 27.5 Å². The lowest BCUT2D eigenvalue weighted by molar-refractivity contribution is 0.143. The number of halogens is 2. The fourth-order valence-electron chi connectivity index (χ4n) is 1.80. The summed E-state index contributed by atoms with van der Waals surface area (Å²) in [5, 5.41) is 0.698. The Kier molecular flexibility index (Phi) is 3.18. The van der Waals surface area contributed by atoms with Crippen LogP contribution in [0.4, 0.5) is 0 Å².